The highest BCUT2D eigenvalue weighted by Crippen LogP contribution is 2.34. The van der Waals surface area contributed by atoms with Crippen LogP contribution in [0.1, 0.15) is 45.6 Å². The maximum atomic E-state index is 12.9. The van der Waals surface area contributed by atoms with E-state index < -0.39 is 24.0 Å². The number of carbonyl (C=O) groups is 3. The molecule has 1 heterocycles. The fourth-order valence-corrected chi connectivity index (χ4v) is 4.38. The van der Waals surface area contributed by atoms with Crippen molar-refractivity contribution in [2.24, 2.45) is 0 Å². The first kappa shape index (κ1) is 23.1. The minimum atomic E-state index is -1.22. The van der Waals surface area contributed by atoms with Gasteiger partial charge in [0.05, 0.1) is 21.7 Å². The normalized spacial score (nSPS) is 15.0. The number of hydrogen-bond acceptors (Lipinski definition) is 4. The molecule has 2 atom stereocenters. The lowest BCUT2D eigenvalue weighted by molar-refractivity contribution is -0.139. The van der Waals surface area contributed by atoms with Gasteiger partial charge < -0.3 is 20.4 Å². The van der Waals surface area contributed by atoms with Crippen LogP contribution in [0.5, 0.6) is 0 Å². The van der Waals surface area contributed by atoms with E-state index in [0.29, 0.717) is 30.6 Å². The van der Waals surface area contributed by atoms with Crippen molar-refractivity contribution in [3.63, 3.8) is 0 Å². The molecule has 7 nitrogen and oxygen atoms in total. The van der Waals surface area contributed by atoms with E-state index in [0.717, 1.165) is 17.5 Å². The summed E-state index contributed by atoms with van der Waals surface area (Å²) in [6.45, 7) is 2.43. The van der Waals surface area contributed by atoms with Crippen LogP contribution in [0.4, 0.5) is 0 Å². The Morgan fingerprint density at radius 1 is 1.29 bits per heavy atom. The van der Waals surface area contributed by atoms with Gasteiger partial charge in [0.15, 0.2) is 0 Å². The third-order valence-corrected chi connectivity index (χ3v) is 6.00. The molecular weight excluding hydrogens is 443 g/mol. The monoisotopic (exact) mass is 464 g/mol. The third-order valence-electron chi connectivity index (χ3n) is 5.29. The van der Waals surface area contributed by atoms with Crippen LogP contribution in [0.2, 0.25) is 10.0 Å². The molecule has 0 saturated heterocycles. The van der Waals surface area contributed by atoms with Crippen LogP contribution in [0.25, 0.3) is 0 Å². The van der Waals surface area contributed by atoms with Gasteiger partial charge in [0.25, 0.3) is 5.91 Å². The van der Waals surface area contributed by atoms with Crippen LogP contribution in [0.15, 0.2) is 30.3 Å². The first-order valence-electron chi connectivity index (χ1n) is 9.71. The number of carbonyl (C=O) groups excluding carboxylic acids is 2. The average molecular weight is 465 g/mol. The van der Waals surface area contributed by atoms with Crippen molar-refractivity contribution in [1.82, 2.24) is 10.2 Å². The summed E-state index contributed by atoms with van der Waals surface area (Å²) in [5.74, 6) is -1.89. The molecule has 0 saturated carbocycles. The molecule has 0 fully saturated rings. The zero-order chi connectivity index (χ0) is 22.7. The minimum absolute atomic E-state index is 0.0191. The van der Waals surface area contributed by atoms with Crippen LogP contribution in [-0.2, 0) is 29.0 Å². The quantitative estimate of drug-likeness (QED) is 0.546. The Bertz CT molecular complexity index is 1030. The molecule has 3 rings (SSSR count). The van der Waals surface area contributed by atoms with E-state index in [-0.39, 0.29) is 22.0 Å². The van der Waals surface area contributed by atoms with Gasteiger partial charge >= 0.3 is 5.97 Å². The first-order chi connectivity index (χ1) is 14.7. The maximum absolute atomic E-state index is 12.9. The molecule has 1 aliphatic heterocycles. The van der Waals surface area contributed by atoms with Crippen molar-refractivity contribution in [2.45, 2.75) is 38.5 Å². The summed E-state index contributed by atoms with van der Waals surface area (Å²) >= 11 is 12.8. The van der Waals surface area contributed by atoms with Crippen molar-refractivity contribution in [3.05, 3.63) is 68.2 Å². The summed E-state index contributed by atoms with van der Waals surface area (Å²) in [4.78, 5) is 37.3. The van der Waals surface area contributed by atoms with Gasteiger partial charge in [-0.25, -0.2) is 4.79 Å². The number of aliphatic hydroxyl groups is 1. The van der Waals surface area contributed by atoms with Crippen molar-refractivity contribution < 1.29 is 24.6 Å². The number of aliphatic hydroxyl groups excluding tert-OH is 1. The second-order valence-electron chi connectivity index (χ2n) is 7.50. The van der Waals surface area contributed by atoms with E-state index in [2.05, 4.69) is 5.32 Å². The highest BCUT2D eigenvalue weighted by atomic mass is 35.5. The van der Waals surface area contributed by atoms with Crippen molar-refractivity contribution in [3.8, 4) is 0 Å². The van der Waals surface area contributed by atoms with Gasteiger partial charge in [-0.05, 0) is 41.7 Å². The summed E-state index contributed by atoms with van der Waals surface area (Å²) in [5.41, 5.74) is 2.81. The highest BCUT2D eigenvalue weighted by molar-refractivity contribution is 6.40. The number of carboxylic acids is 1. The summed E-state index contributed by atoms with van der Waals surface area (Å²) in [7, 11) is 0. The number of fused-ring (bicyclic) bond motifs is 1. The molecule has 164 valence electrons. The molecule has 2 aromatic carbocycles. The minimum Gasteiger partial charge on any atom is -0.480 e. The predicted molar refractivity (Wildman–Crippen MR) is 116 cm³/mol. The average Bonchev–Trinajstić information content (AvgIpc) is 2.72. The lowest BCUT2D eigenvalue weighted by Crippen LogP contribution is -2.42. The van der Waals surface area contributed by atoms with Crippen LogP contribution in [0, 0.1) is 0 Å². The highest BCUT2D eigenvalue weighted by Gasteiger charge is 2.28. The largest absolute Gasteiger partial charge is 0.480 e. The molecule has 0 radical (unpaired) electrons. The molecule has 2 amide bonds. The number of nitrogens with zero attached hydrogens (tertiary/aromatic N) is 1. The number of carboxylic acid groups (broad SMARTS) is 1. The number of nitrogens with one attached hydrogen (secondary N) is 1. The number of aliphatic carboxylic acids is 1. The third kappa shape index (κ3) is 5.18. The Hall–Kier alpha value is -2.61. The maximum Gasteiger partial charge on any atom is 0.326 e. The zero-order valence-corrected chi connectivity index (χ0v) is 18.3. The van der Waals surface area contributed by atoms with E-state index in [4.69, 9.17) is 23.2 Å². The van der Waals surface area contributed by atoms with E-state index in [1.54, 1.807) is 42.2 Å². The summed E-state index contributed by atoms with van der Waals surface area (Å²) < 4.78 is 0. The van der Waals surface area contributed by atoms with Gasteiger partial charge in [-0.15, -0.1) is 0 Å². The molecule has 0 aromatic heterocycles. The van der Waals surface area contributed by atoms with Crippen LogP contribution in [0.3, 0.4) is 0 Å². The van der Waals surface area contributed by atoms with E-state index in [1.165, 1.54) is 0 Å². The van der Waals surface area contributed by atoms with Gasteiger partial charge in [-0.1, -0.05) is 47.5 Å². The van der Waals surface area contributed by atoms with E-state index in [1.807, 2.05) is 0 Å². The standard InChI is InChI=1S/C22H22Cl2N2O5/c1-12(28)14-4-2-3-13(7-14)8-18(22(30)31)25-21(29)19-17(23)9-15-10-26(11-27)6-5-16(15)20(19)24/h2-4,7,9,11-12,18,28H,5-6,8,10H2,1H3,(H,25,29)(H,30,31). The van der Waals surface area contributed by atoms with E-state index in [9.17, 15) is 24.6 Å². The van der Waals surface area contributed by atoms with Crippen LogP contribution in [-0.4, -0.2) is 46.0 Å². The molecule has 1 aliphatic rings. The Balaban J connectivity index is 1.84. The smallest absolute Gasteiger partial charge is 0.326 e. The van der Waals surface area contributed by atoms with Gasteiger partial charge in [-0.2, -0.15) is 0 Å². The SMILES string of the molecule is CC(O)c1cccc(CC(NC(=O)c2c(Cl)cc3c(c2Cl)CCN(C=O)C3)C(=O)O)c1. The Morgan fingerprint density at radius 3 is 2.68 bits per heavy atom. The zero-order valence-electron chi connectivity index (χ0n) is 16.8. The fourth-order valence-electron chi connectivity index (χ4n) is 3.62. The number of hydrogen-bond donors (Lipinski definition) is 3. The van der Waals surface area contributed by atoms with Crippen LogP contribution >= 0.6 is 23.2 Å². The number of benzene rings is 2. The molecule has 0 bridgehead atoms. The van der Waals surface area contributed by atoms with E-state index >= 15 is 0 Å². The molecule has 3 N–H and O–H groups in total. The lowest BCUT2D eigenvalue weighted by atomic mass is 9.96. The summed E-state index contributed by atoms with van der Waals surface area (Å²) in [6.07, 6.45) is 0.547. The van der Waals surface area contributed by atoms with Crippen molar-refractivity contribution in [1.29, 1.82) is 0 Å². The number of amides is 2. The molecule has 31 heavy (non-hydrogen) atoms. The molecular formula is C22H22Cl2N2O5. The summed E-state index contributed by atoms with van der Waals surface area (Å²) in [6, 6.07) is 7.26. The number of halogens is 2. The molecule has 2 unspecified atom stereocenters. The Labute approximate surface area is 189 Å². The van der Waals surface area contributed by atoms with Crippen molar-refractivity contribution >= 4 is 41.5 Å². The van der Waals surface area contributed by atoms with Gasteiger partial charge in [0.1, 0.15) is 6.04 Å². The van der Waals surface area contributed by atoms with Gasteiger partial charge in [-0.3, -0.25) is 9.59 Å². The lowest BCUT2D eigenvalue weighted by Gasteiger charge is -2.27. The molecule has 9 heteroatoms. The topological polar surface area (TPSA) is 107 Å². The first-order valence-corrected chi connectivity index (χ1v) is 10.5. The second-order valence-corrected chi connectivity index (χ2v) is 8.29. The van der Waals surface area contributed by atoms with Gasteiger partial charge in [0.2, 0.25) is 6.41 Å². The molecule has 0 aliphatic carbocycles. The summed E-state index contributed by atoms with van der Waals surface area (Å²) in [5, 5.41) is 22.1. The predicted octanol–water partition coefficient (Wildman–Crippen LogP) is 2.99. The van der Waals surface area contributed by atoms with Crippen molar-refractivity contribution in [2.75, 3.05) is 6.54 Å². The second kappa shape index (κ2) is 9.68. The molecule has 2 aromatic rings. The van der Waals surface area contributed by atoms with Gasteiger partial charge in [0, 0.05) is 19.5 Å². The Morgan fingerprint density at radius 2 is 2.03 bits per heavy atom. The van der Waals surface area contributed by atoms with Crippen LogP contribution < -0.4 is 5.32 Å². The number of rotatable bonds is 7. The fraction of sp³-hybridized carbons (Fsp3) is 0.318. The molecule has 0 spiro atoms. The Kier molecular flexibility index (Phi) is 7.20.